The summed E-state index contributed by atoms with van der Waals surface area (Å²) in [5, 5.41) is 9.35. The van der Waals surface area contributed by atoms with Crippen molar-refractivity contribution in [3.63, 3.8) is 0 Å². The molecule has 5 nitrogen and oxygen atoms in total. The van der Waals surface area contributed by atoms with E-state index in [0.717, 1.165) is 0 Å². The van der Waals surface area contributed by atoms with Crippen molar-refractivity contribution in [3.05, 3.63) is 35.4 Å². The van der Waals surface area contributed by atoms with E-state index >= 15 is 0 Å². The molecule has 5 heteroatoms. The molecule has 0 bridgehead atoms. The highest BCUT2D eigenvalue weighted by Crippen LogP contribution is 2.16. The highest BCUT2D eigenvalue weighted by molar-refractivity contribution is 5.94. The number of benzene rings is 1. The molecule has 0 saturated carbocycles. The summed E-state index contributed by atoms with van der Waals surface area (Å²) in [7, 11) is 0. The number of phenols is 1. The van der Waals surface area contributed by atoms with Crippen LogP contribution in [0.3, 0.4) is 0 Å². The third-order valence-electron chi connectivity index (χ3n) is 1.92. The van der Waals surface area contributed by atoms with Crippen LogP contribution in [0.2, 0.25) is 0 Å². The predicted molar refractivity (Wildman–Crippen MR) is 62.3 cm³/mol. The van der Waals surface area contributed by atoms with E-state index < -0.39 is 11.9 Å². The third-order valence-corrected chi connectivity index (χ3v) is 1.92. The lowest BCUT2D eigenvalue weighted by atomic mass is 10.1. The van der Waals surface area contributed by atoms with Gasteiger partial charge in [0.05, 0.1) is 6.61 Å². The van der Waals surface area contributed by atoms with Gasteiger partial charge in [0.1, 0.15) is 5.75 Å². The molecule has 0 atom stereocenters. The number of ether oxygens (including phenoxy) is 1. The van der Waals surface area contributed by atoms with E-state index in [1.807, 2.05) is 0 Å². The van der Waals surface area contributed by atoms with Crippen LogP contribution in [-0.2, 0) is 9.53 Å². The first-order valence-corrected chi connectivity index (χ1v) is 5.01. The molecule has 1 amide bonds. The standard InChI is InChI=1S/C12H13NO4/c1-2-17-11(15)4-3-8-5-9(12(13)16)7-10(14)6-8/h3-7,14H,2H2,1H3,(H2,13,16)/b4-3+. The van der Waals surface area contributed by atoms with Crippen molar-refractivity contribution >= 4 is 18.0 Å². The third kappa shape index (κ3) is 3.98. The van der Waals surface area contributed by atoms with Crippen LogP contribution >= 0.6 is 0 Å². The molecule has 0 unspecified atom stereocenters. The summed E-state index contributed by atoms with van der Waals surface area (Å²) < 4.78 is 4.69. The first-order valence-electron chi connectivity index (χ1n) is 5.01. The summed E-state index contributed by atoms with van der Waals surface area (Å²) >= 11 is 0. The Bertz CT molecular complexity index is 466. The van der Waals surface area contributed by atoms with Crippen LogP contribution in [0.1, 0.15) is 22.8 Å². The SMILES string of the molecule is CCOC(=O)/C=C/c1cc(O)cc(C(N)=O)c1. The van der Waals surface area contributed by atoms with Gasteiger partial charge in [-0.25, -0.2) is 4.79 Å². The molecule has 0 aliphatic heterocycles. The molecular weight excluding hydrogens is 222 g/mol. The molecule has 0 radical (unpaired) electrons. The van der Waals surface area contributed by atoms with Crippen molar-refractivity contribution in [1.29, 1.82) is 0 Å². The second-order valence-electron chi connectivity index (χ2n) is 3.26. The monoisotopic (exact) mass is 235 g/mol. The molecule has 0 aliphatic carbocycles. The van der Waals surface area contributed by atoms with Gasteiger partial charge in [-0.3, -0.25) is 4.79 Å². The van der Waals surface area contributed by atoms with Gasteiger partial charge in [-0.1, -0.05) is 0 Å². The van der Waals surface area contributed by atoms with Crippen LogP contribution in [0.5, 0.6) is 5.75 Å². The van der Waals surface area contributed by atoms with Gasteiger partial charge in [0, 0.05) is 11.6 Å². The molecule has 1 aromatic carbocycles. The lowest BCUT2D eigenvalue weighted by Crippen LogP contribution is -2.10. The minimum absolute atomic E-state index is 0.0928. The number of carbonyl (C=O) groups excluding carboxylic acids is 2. The van der Waals surface area contributed by atoms with Gasteiger partial charge in [-0.15, -0.1) is 0 Å². The number of esters is 1. The smallest absolute Gasteiger partial charge is 0.330 e. The summed E-state index contributed by atoms with van der Waals surface area (Å²) in [5.74, 6) is -1.23. The van der Waals surface area contributed by atoms with E-state index in [4.69, 9.17) is 10.5 Å². The quantitative estimate of drug-likeness (QED) is 0.603. The molecule has 0 spiro atoms. The first-order chi connectivity index (χ1) is 8.02. The van der Waals surface area contributed by atoms with E-state index in [0.29, 0.717) is 5.56 Å². The number of primary amides is 1. The molecule has 3 N–H and O–H groups in total. The largest absolute Gasteiger partial charge is 0.508 e. The Morgan fingerprint density at radius 3 is 2.71 bits per heavy atom. The van der Waals surface area contributed by atoms with Gasteiger partial charge in [0.15, 0.2) is 0 Å². The minimum Gasteiger partial charge on any atom is -0.508 e. The van der Waals surface area contributed by atoms with E-state index in [1.54, 1.807) is 6.92 Å². The molecule has 90 valence electrons. The van der Waals surface area contributed by atoms with E-state index in [2.05, 4.69) is 0 Å². The van der Waals surface area contributed by atoms with E-state index in [-0.39, 0.29) is 17.9 Å². The molecular formula is C12H13NO4. The number of phenolic OH excluding ortho intramolecular Hbond substituents is 1. The highest BCUT2D eigenvalue weighted by atomic mass is 16.5. The Labute approximate surface area is 98.5 Å². The van der Waals surface area contributed by atoms with Crippen molar-refractivity contribution in [1.82, 2.24) is 0 Å². The van der Waals surface area contributed by atoms with Crippen LogP contribution in [0.15, 0.2) is 24.3 Å². The van der Waals surface area contributed by atoms with Crippen LogP contribution in [-0.4, -0.2) is 23.6 Å². The zero-order valence-corrected chi connectivity index (χ0v) is 9.34. The fourth-order valence-corrected chi connectivity index (χ4v) is 1.23. The molecule has 0 heterocycles. The number of amides is 1. The number of nitrogens with two attached hydrogens (primary N) is 1. The Kier molecular flexibility index (Phi) is 4.28. The fourth-order valence-electron chi connectivity index (χ4n) is 1.23. The number of rotatable bonds is 4. The van der Waals surface area contributed by atoms with Crippen LogP contribution in [0.4, 0.5) is 0 Å². The molecule has 17 heavy (non-hydrogen) atoms. The summed E-state index contributed by atoms with van der Waals surface area (Å²) in [6, 6.07) is 4.13. The predicted octanol–water partition coefficient (Wildman–Crippen LogP) is 1.07. The summed E-state index contributed by atoms with van der Waals surface area (Å²) in [5.41, 5.74) is 5.76. The topological polar surface area (TPSA) is 89.6 Å². The van der Waals surface area contributed by atoms with E-state index in [9.17, 15) is 14.7 Å². The molecule has 0 saturated heterocycles. The first kappa shape index (κ1) is 12.8. The van der Waals surface area contributed by atoms with Crippen molar-refractivity contribution in [2.24, 2.45) is 5.73 Å². The number of carbonyl (C=O) groups is 2. The van der Waals surface area contributed by atoms with Crippen molar-refractivity contribution < 1.29 is 19.4 Å². The maximum Gasteiger partial charge on any atom is 0.330 e. The minimum atomic E-state index is -0.647. The summed E-state index contributed by atoms with van der Waals surface area (Å²) in [6.45, 7) is 1.99. The zero-order chi connectivity index (χ0) is 12.8. The lowest BCUT2D eigenvalue weighted by Gasteiger charge is -2.00. The fraction of sp³-hybridized carbons (Fsp3) is 0.167. The Morgan fingerprint density at radius 1 is 1.41 bits per heavy atom. The second-order valence-corrected chi connectivity index (χ2v) is 3.26. The average molecular weight is 235 g/mol. The van der Waals surface area contributed by atoms with Gasteiger partial charge in [-0.05, 0) is 36.8 Å². The van der Waals surface area contributed by atoms with Crippen molar-refractivity contribution in [3.8, 4) is 5.75 Å². The van der Waals surface area contributed by atoms with Gasteiger partial charge in [0.25, 0.3) is 0 Å². The summed E-state index contributed by atoms with van der Waals surface area (Å²) in [4.78, 5) is 22.0. The summed E-state index contributed by atoms with van der Waals surface area (Å²) in [6.07, 6.45) is 2.65. The van der Waals surface area contributed by atoms with Crippen LogP contribution in [0, 0.1) is 0 Å². The Hall–Kier alpha value is -2.30. The normalized spacial score (nSPS) is 10.4. The van der Waals surface area contributed by atoms with E-state index in [1.165, 1.54) is 30.4 Å². The second kappa shape index (κ2) is 5.69. The van der Waals surface area contributed by atoms with Crippen molar-refractivity contribution in [2.45, 2.75) is 6.92 Å². The maximum atomic E-state index is 11.1. The molecule has 0 aromatic heterocycles. The van der Waals surface area contributed by atoms with Crippen LogP contribution < -0.4 is 5.73 Å². The lowest BCUT2D eigenvalue weighted by molar-refractivity contribution is -0.137. The molecule has 1 rings (SSSR count). The van der Waals surface area contributed by atoms with Gasteiger partial charge >= 0.3 is 5.97 Å². The molecule has 1 aromatic rings. The molecule has 0 aliphatic rings. The Balaban J connectivity index is 2.91. The van der Waals surface area contributed by atoms with Crippen molar-refractivity contribution in [2.75, 3.05) is 6.61 Å². The van der Waals surface area contributed by atoms with Gasteiger partial charge in [0.2, 0.25) is 5.91 Å². The highest BCUT2D eigenvalue weighted by Gasteiger charge is 2.03. The van der Waals surface area contributed by atoms with Gasteiger partial charge in [-0.2, -0.15) is 0 Å². The average Bonchev–Trinajstić information content (AvgIpc) is 2.26. The number of hydrogen-bond donors (Lipinski definition) is 2. The maximum absolute atomic E-state index is 11.1. The van der Waals surface area contributed by atoms with Crippen LogP contribution in [0.25, 0.3) is 6.08 Å². The zero-order valence-electron chi connectivity index (χ0n) is 9.34. The molecule has 0 fully saturated rings. The number of aromatic hydroxyl groups is 1. The van der Waals surface area contributed by atoms with Gasteiger partial charge < -0.3 is 15.6 Å². The number of hydrogen-bond acceptors (Lipinski definition) is 4. The Morgan fingerprint density at radius 2 is 2.12 bits per heavy atom.